The summed E-state index contributed by atoms with van der Waals surface area (Å²) in [4.78, 5) is 25.7. The van der Waals surface area contributed by atoms with Crippen LogP contribution in [0.4, 0.5) is 13.2 Å². The highest BCUT2D eigenvalue weighted by Gasteiger charge is 2.31. The molecule has 1 aromatic heterocycles. The zero-order chi connectivity index (χ0) is 22.9. The highest BCUT2D eigenvalue weighted by atomic mass is 19.1. The van der Waals surface area contributed by atoms with Crippen molar-refractivity contribution in [3.05, 3.63) is 64.6 Å². The minimum atomic E-state index is -1.29. The van der Waals surface area contributed by atoms with Gasteiger partial charge in [-0.3, -0.25) is 14.2 Å². The smallest absolute Gasteiger partial charge is 0.313 e. The molecule has 0 aliphatic rings. The van der Waals surface area contributed by atoms with Crippen LogP contribution in [0.1, 0.15) is 54.2 Å². The van der Waals surface area contributed by atoms with E-state index in [4.69, 9.17) is 4.74 Å². The van der Waals surface area contributed by atoms with Gasteiger partial charge in [-0.2, -0.15) is 0 Å². The molecule has 0 bridgehead atoms. The highest BCUT2D eigenvalue weighted by Crippen LogP contribution is 2.39. The fourth-order valence-corrected chi connectivity index (χ4v) is 3.61. The van der Waals surface area contributed by atoms with Gasteiger partial charge in [0.2, 0.25) is 0 Å². The van der Waals surface area contributed by atoms with Crippen molar-refractivity contribution in [3.63, 3.8) is 0 Å². The number of halogens is 3. The zero-order valence-electron chi connectivity index (χ0n) is 17.3. The molecule has 164 valence electrons. The number of carbonyl (C=O) groups is 2. The lowest BCUT2D eigenvalue weighted by atomic mass is 9.97. The van der Waals surface area contributed by atoms with Crippen LogP contribution in [0.5, 0.6) is 5.75 Å². The van der Waals surface area contributed by atoms with E-state index in [0.29, 0.717) is 6.42 Å². The molecular formula is C23H22F3NO4. The molecule has 0 radical (unpaired) electrons. The number of aromatic hydroxyl groups is 1. The van der Waals surface area contributed by atoms with Gasteiger partial charge in [-0.15, -0.1) is 0 Å². The second-order valence-corrected chi connectivity index (χ2v) is 7.31. The number of fused-ring (bicyclic) bond motifs is 1. The lowest BCUT2D eigenvalue weighted by Gasteiger charge is -2.13. The number of benzene rings is 2. The quantitative estimate of drug-likeness (QED) is 0.428. The van der Waals surface area contributed by atoms with Crippen LogP contribution in [0.25, 0.3) is 10.9 Å². The maximum Gasteiger partial charge on any atom is 0.313 e. The summed E-state index contributed by atoms with van der Waals surface area (Å²) in [5, 5.41) is 9.54. The zero-order valence-corrected chi connectivity index (χ0v) is 17.3. The Morgan fingerprint density at radius 3 is 2.55 bits per heavy atom. The molecule has 0 amide bonds. The summed E-state index contributed by atoms with van der Waals surface area (Å²) in [6, 6.07) is 5.69. The first-order chi connectivity index (χ1) is 14.7. The third kappa shape index (κ3) is 4.02. The molecule has 0 saturated carbocycles. The summed E-state index contributed by atoms with van der Waals surface area (Å²) in [7, 11) is 0. The van der Waals surface area contributed by atoms with Crippen molar-refractivity contribution < 1.29 is 32.6 Å². The standard InChI is InChI=1S/C23H22F3NO4/c1-4-5-9-31-23(30)12(2)18-13(3)27(22(29)14-7-6-8-15(24)10-14)17-11-16(25)21(28)20(26)19(17)18/h6-8,10-12,28H,4-5,9H2,1-3H3/t12-/m1/s1. The van der Waals surface area contributed by atoms with Crippen molar-refractivity contribution in [1.82, 2.24) is 4.57 Å². The largest absolute Gasteiger partial charge is 0.503 e. The van der Waals surface area contributed by atoms with Crippen molar-refractivity contribution in [1.29, 1.82) is 0 Å². The number of hydrogen-bond donors (Lipinski definition) is 1. The normalized spacial score (nSPS) is 12.2. The van der Waals surface area contributed by atoms with Gasteiger partial charge in [0.05, 0.1) is 18.0 Å². The molecule has 2 aromatic carbocycles. The maximum atomic E-state index is 14.9. The van der Waals surface area contributed by atoms with Gasteiger partial charge in [-0.1, -0.05) is 19.4 Å². The predicted molar refractivity (Wildman–Crippen MR) is 109 cm³/mol. The topological polar surface area (TPSA) is 68.5 Å². The van der Waals surface area contributed by atoms with Crippen LogP contribution in [-0.4, -0.2) is 28.2 Å². The van der Waals surface area contributed by atoms with Gasteiger partial charge in [-0.25, -0.2) is 13.2 Å². The molecule has 8 heteroatoms. The number of carbonyl (C=O) groups excluding carboxylic acids is 2. The highest BCUT2D eigenvalue weighted by molar-refractivity contribution is 6.05. The average molecular weight is 433 g/mol. The number of unbranched alkanes of at least 4 members (excludes halogenated alkanes) is 1. The van der Waals surface area contributed by atoms with Gasteiger partial charge in [0, 0.05) is 22.7 Å². The minimum Gasteiger partial charge on any atom is -0.503 e. The molecular weight excluding hydrogens is 411 g/mol. The number of aromatic nitrogens is 1. The third-order valence-corrected chi connectivity index (χ3v) is 5.21. The molecule has 0 aliphatic heterocycles. The van der Waals surface area contributed by atoms with Crippen molar-refractivity contribution >= 4 is 22.8 Å². The van der Waals surface area contributed by atoms with E-state index in [0.717, 1.165) is 29.2 Å². The van der Waals surface area contributed by atoms with Crippen LogP contribution in [0.2, 0.25) is 0 Å². The van der Waals surface area contributed by atoms with Crippen LogP contribution in [0.3, 0.4) is 0 Å². The fraction of sp³-hybridized carbons (Fsp3) is 0.304. The van der Waals surface area contributed by atoms with E-state index < -0.39 is 41.0 Å². The van der Waals surface area contributed by atoms with Crippen molar-refractivity contribution in [3.8, 4) is 5.75 Å². The van der Waals surface area contributed by atoms with Crippen LogP contribution >= 0.6 is 0 Å². The number of phenolic OH excluding ortho intramolecular Hbond substituents is 1. The molecule has 1 atom stereocenters. The number of phenols is 1. The summed E-state index contributed by atoms with van der Waals surface area (Å²) in [6.07, 6.45) is 1.46. The van der Waals surface area contributed by atoms with E-state index >= 15 is 0 Å². The number of nitrogens with zero attached hydrogens (tertiary/aromatic N) is 1. The van der Waals surface area contributed by atoms with Crippen LogP contribution in [0, 0.1) is 24.4 Å². The molecule has 0 fully saturated rings. The van der Waals surface area contributed by atoms with Gasteiger partial charge >= 0.3 is 5.97 Å². The van der Waals surface area contributed by atoms with Crippen LogP contribution in [-0.2, 0) is 9.53 Å². The number of hydrogen-bond acceptors (Lipinski definition) is 4. The first kappa shape index (κ1) is 22.4. The maximum absolute atomic E-state index is 14.9. The Morgan fingerprint density at radius 2 is 1.90 bits per heavy atom. The molecule has 3 rings (SSSR count). The van der Waals surface area contributed by atoms with Gasteiger partial charge in [0.1, 0.15) is 5.82 Å². The monoisotopic (exact) mass is 433 g/mol. The molecule has 0 saturated heterocycles. The fourth-order valence-electron chi connectivity index (χ4n) is 3.61. The lowest BCUT2D eigenvalue weighted by molar-refractivity contribution is -0.145. The number of rotatable bonds is 6. The second kappa shape index (κ2) is 8.83. The molecule has 0 spiro atoms. The molecule has 1 heterocycles. The van der Waals surface area contributed by atoms with Crippen LogP contribution < -0.4 is 0 Å². The summed E-state index contributed by atoms with van der Waals surface area (Å²) in [5.74, 6) is -6.78. The SMILES string of the molecule is CCCCOC(=O)[C@H](C)c1c(C)n(C(=O)c2cccc(F)c2)c2cc(F)c(O)c(F)c12. The van der Waals surface area contributed by atoms with Crippen molar-refractivity contribution in [2.45, 2.75) is 39.5 Å². The molecule has 0 unspecified atom stereocenters. The molecule has 1 N–H and O–H groups in total. The van der Waals surface area contributed by atoms with E-state index in [-0.39, 0.29) is 34.3 Å². The Bertz CT molecular complexity index is 1170. The number of esters is 1. The Labute approximate surface area is 177 Å². The van der Waals surface area contributed by atoms with Gasteiger partial charge in [0.15, 0.2) is 17.4 Å². The van der Waals surface area contributed by atoms with Gasteiger partial charge in [-0.05, 0) is 44.0 Å². The Kier molecular flexibility index (Phi) is 6.38. The van der Waals surface area contributed by atoms with Crippen LogP contribution in [0.15, 0.2) is 30.3 Å². The summed E-state index contributed by atoms with van der Waals surface area (Å²) < 4.78 is 49.0. The van der Waals surface area contributed by atoms with Gasteiger partial charge < -0.3 is 9.84 Å². The first-order valence-electron chi connectivity index (χ1n) is 9.87. The summed E-state index contributed by atoms with van der Waals surface area (Å²) in [6.45, 7) is 5.06. The molecule has 0 aliphatic carbocycles. The van der Waals surface area contributed by atoms with E-state index in [1.54, 1.807) is 0 Å². The molecule has 31 heavy (non-hydrogen) atoms. The average Bonchev–Trinajstić information content (AvgIpc) is 3.02. The van der Waals surface area contributed by atoms with E-state index in [9.17, 15) is 27.9 Å². The summed E-state index contributed by atoms with van der Waals surface area (Å²) in [5.41, 5.74) is 0.0311. The summed E-state index contributed by atoms with van der Waals surface area (Å²) >= 11 is 0. The van der Waals surface area contributed by atoms with Crippen molar-refractivity contribution in [2.75, 3.05) is 6.61 Å². The first-order valence-corrected chi connectivity index (χ1v) is 9.87. The molecule has 5 nitrogen and oxygen atoms in total. The Hall–Kier alpha value is -3.29. The lowest BCUT2D eigenvalue weighted by Crippen LogP contribution is -2.17. The van der Waals surface area contributed by atoms with E-state index in [2.05, 4.69) is 0 Å². The van der Waals surface area contributed by atoms with Gasteiger partial charge in [0.25, 0.3) is 5.91 Å². The Morgan fingerprint density at radius 1 is 1.19 bits per heavy atom. The minimum absolute atomic E-state index is 0.0429. The number of ether oxygens (including phenoxy) is 1. The van der Waals surface area contributed by atoms with Crippen molar-refractivity contribution in [2.24, 2.45) is 0 Å². The third-order valence-electron chi connectivity index (χ3n) is 5.21. The predicted octanol–water partition coefficient (Wildman–Crippen LogP) is 5.21. The molecule has 3 aromatic rings. The van der Waals surface area contributed by atoms with E-state index in [1.165, 1.54) is 26.0 Å². The van der Waals surface area contributed by atoms with E-state index in [1.807, 2.05) is 6.92 Å². The second-order valence-electron chi connectivity index (χ2n) is 7.31. The Balaban J connectivity index is 2.23.